The van der Waals surface area contributed by atoms with Crippen molar-refractivity contribution < 1.29 is 9.59 Å². The number of rotatable bonds is 10. The summed E-state index contributed by atoms with van der Waals surface area (Å²) in [6.07, 6.45) is 3.07. The van der Waals surface area contributed by atoms with E-state index in [1.807, 2.05) is 60.7 Å². The second kappa shape index (κ2) is 11.1. The topological polar surface area (TPSA) is 84.2 Å². The van der Waals surface area contributed by atoms with Crippen LogP contribution in [0.4, 0.5) is 0 Å². The first-order chi connectivity index (χ1) is 12.7. The Hall–Kier alpha value is -2.66. The summed E-state index contributed by atoms with van der Waals surface area (Å²) in [6, 6.07) is 19.3. The van der Waals surface area contributed by atoms with Gasteiger partial charge >= 0.3 is 0 Å². The van der Waals surface area contributed by atoms with Gasteiger partial charge in [-0.15, -0.1) is 0 Å². The van der Waals surface area contributed by atoms with Gasteiger partial charge in [-0.1, -0.05) is 67.1 Å². The molecule has 0 saturated carbocycles. The molecule has 5 heteroatoms. The van der Waals surface area contributed by atoms with Gasteiger partial charge in [-0.3, -0.25) is 9.59 Å². The molecule has 0 heterocycles. The third-order valence-electron chi connectivity index (χ3n) is 4.13. The molecule has 0 aliphatic rings. The lowest BCUT2D eigenvalue weighted by Gasteiger charge is -2.20. The average Bonchev–Trinajstić information content (AvgIpc) is 2.69. The van der Waals surface area contributed by atoms with Crippen LogP contribution in [0, 0.1) is 0 Å². The minimum Gasteiger partial charge on any atom is -0.347 e. The smallest absolute Gasteiger partial charge is 0.240 e. The van der Waals surface area contributed by atoms with Crippen molar-refractivity contribution in [2.75, 3.05) is 13.1 Å². The number of nitrogens with one attached hydrogen (secondary N) is 2. The molecule has 2 aromatic carbocycles. The summed E-state index contributed by atoms with van der Waals surface area (Å²) in [6.45, 7) is 0.621. The van der Waals surface area contributed by atoms with Gasteiger partial charge in [0, 0.05) is 6.42 Å². The van der Waals surface area contributed by atoms with E-state index in [4.69, 9.17) is 5.73 Å². The second-order valence-electron chi connectivity index (χ2n) is 6.20. The summed E-state index contributed by atoms with van der Waals surface area (Å²) in [4.78, 5) is 24.2. The van der Waals surface area contributed by atoms with Gasteiger partial charge in [0.05, 0.1) is 12.6 Å². The Bertz CT molecular complexity index is 635. The Morgan fingerprint density at radius 1 is 0.808 bits per heavy atom. The normalized spacial score (nSPS) is 10.5. The van der Waals surface area contributed by atoms with Crippen LogP contribution >= 0.6 is 0 Å². The maximum atomic E-state index is 12.3. The highest BCUT2D eigenvalue weighted by Crippen LogP contribution is 2.21. The minimum absolute atomic E-state index is 0.0219. The van der Waals surface area contributed by atoms with Crippen molar-refractivity contribution in [1.29, 1.82) is 0 Å². The monoisotopic (exact) mass is 353 g/mol. The zero-order valence-corrected chi connectivity index (χ0v) is 15.0. The van der Waals surface area contributed by atoms with Gasteiger partial charge in [0.25, 0.3) is 0 Å². The van der Waals surface area contributed by atoms with Gasteiger partial charge in [0.15, 0.2) is 0 Å². The third kappa shape index (κ3) is 6.69. The molecule has 5 nitrogen and oxygen atoms in total. The molecule has 0 aromatic heterocycles. The van der Waals surface area contributed by atoms with Crippen molar-refractivity contribution in [3.63, 3.8) is 0 Å². The summed E-state index contributed by atoms with van der Waals surface area (Å²) in [7, 11) is 0. The molecule has 2 amide bonds. The van der Waals surface area contributed by atoms with Gasteiger partial charge in [-0.05, 0) is 30.5 Å². The molecule has 0 aliphatic carbocycles. The van der Waals surface area contributed by atoms with Gasteiger partial charge < -0.3 is 16.4 Å². The molecule has 0 aliphatic heterocycles. The highest BCUT2D eigenvalue weighted by atomic mass is 16.2. The predicted molar refractivity (Wildman–Crippen MR) is 103 cm³/mol. The first-order valence-electron chi connectivity index (χ1n) is 9.06. The standard InChI is InChI=1S/C21H27N3O2/c22-15-9-3-8-14-19(25)23-16-20(26)24-21(17-10-4-1-5-11-17)18-12-6-2-7-13-18/h1-2,4-7,10-13,21H,3,8-9,14-16,22H2,(H,23,25)(H,24,26). The molecule has 2 aromatic rings. The van der Waals surface area contributed by atoms with E-state index >= 15 is 0 Å². The van der Waals surface area contributed by atoms with E-state index in [-0.39, 0.29) is 24.4 Å². The highest BCUT2D eigenvalue weighted by Gasteiger charge is 2.16. The Morgan fingerprint density at radius 3 is 1.92 bits per heavy atom. The van der Waals surface area contributed by atoms with Crippen LogP contribution in [0.25, 0.3) is 0 Å². The lowest BCUT2D eigenvalue weighted by Crippen LogP contribution is -2.39. The van der Waals surface area contributed by atoms with E-state index in [0.29, 0.717) is 13.0 Å². The van der Waals surface area contributed by atoms with Gasteiger partial charge in [-0.2, -0.15) is 0 Å². The fourth-order valence-corrected chi connectivity index (χ4v) is 2.74. The lowest BCUT2D eigenvalue weighted by atomic mass is 9.99. The first-order valence-corrected chi connectivity index (χ1v) is 9.06. The fourth-order valence-electron chi connectivity index (χ4n) is 2.74. The van der Waals surface area contributed by atoms with E-state index in [0.717, 1.165) is 30.4 Å². The fraction of sp³-hybridized carbons (Fsp3) is 0.333. The van der Waals surface area contributed by atoms with Crippen LogP contribution in [0.15, 0.2) is 60.7 Å². The summed E-state index contributed by atoms with van der Waals surface area (Å²) < 4.78 is 0. The van der Waals surface area contributed by atoms with Crippen LogP contribution in [-0.2, 0) is 9.59 Å². The maximum Gasteiger partial charge on any atom is 0.240 e. The summed E-state index contributed by atoms with van der Waals surface area (Å²) in [5, 5.41) is 5.70. The largest absolute Gasteiger partial charge is 0.347 e. The van der Waals surface area contributed by atoms with Crippen LogP contribution in [0.5, 0.6) is 0 Å². The number of benzene rings is 2. The van der Waals surface area contributed by atoms with Crippen molar-refractivity contribution in [2.45, 2.75) is 31.7 Å². The van der Waals surface area contributed by atoms with E-state index < -0.39 is 0 Å². The number of hydrogen-bond acceptors (Lipinski definition) is 3. The molecule has 0 fully saturated rings. The van der Waals surface area contributed by atoms with Crippen molar-refractivity contribution in [3.05, 3.63) is 71.8 Å². The number of nitrogens with two attached hydrogens (primary N) is 1. The zero-order valence-electron chi connectivity index (χ0n) is 15.0. The Kier molecular flexibility index (Phi) is 8.36. The molecule has 0 atom stereocenters. The first kappa shape index (κ1) is 19.7. The third-order valence-corrected chi connectivity index (χ3v) is 4.13. The molecule has 0 bridgehead atoms. The average molecular weight is 353 g/mol. The number of unbranched alkanes of at least 4 members (excludes halogenated alkanes) is 2. The predicted octanol–water partition coefficient (Wildman–Crippen LogP) is 2.53. The van der Waals surface area contributed by atoms with E-state index in [2.05, 4.69) is 10.6 Å². The van der Waals surface area contributed by atoms with Crippen molar-refractivity contribution in [3.8, 4) is 0 Å². The van der Waals surface area contributed by atoms with Crippen LogP contribution in [0.3, 0.4) is 0 Å². The van der Waals surface area contributed by atoms with Crippen molar-refractivity contribution >= 4 is 11.8 Å². The molecule has 0 unspecified atom stereocenters. The summed E-state index contributed by atoms with van der Waals surface area (Å²) in [5.74, 6) is -0.314. The second-order valence-corrected chi connectivity index (χ2v) is 6.20. The van der Waals surface area contributed by atoms with E-state index in [9.17, 15) is 9.59 Å². The quantitative estimate of drug-likeness (QED) is 0.574. The molecule has 0 saturated heterocycles. The maximum absolute atomic E-state index is 12.3. The lowest BCUT2D eigenvalue weighted by molar-refractivity contribution is -0.126. The minimum atomic E-state index is -0.244. The molecule has 0 radical (unpaired) electrons. The molecular weight excluding hydrogens is 326 g/mol. The van der Waals surface area contributed by atoms with E-state index in [1.54, 1.807) is 0 Å². The summed E-state index contributed by atoms with van der Waals surface area (Å²) in [5.41, 5.74) is 7.43. The van der Waals surface area contributed by atoms with Crippen LogP contribution in [0.1, 0.15) is 42.9 Å². The van der Waals surface area contributed by atoms with Gasteiger partial charge in [-0.25, -0.2) is 0 Å². The highest BCUT2D eigenvalue weighted by molar-refractivity contribution is 5.85. The van der Waals surface area contributed by atoms with Crippen LogP contribution < -0.4 is 16.4 Å². The number of carbonyl (C=O) groups is 2. The van der Waals surface area contributed by atoms with E-state index in [1.165, 1.54) is 0 Å². The Morgan fingerprint density at radius 2 is 1.38 bits per heavy atom. The van der Waals surface area contributed by atoms with Gasteiger partial charge in [0.2, 0.25) is 11.8 Å². The molecule has 0 spiro atoms. The number of amides is 2. The molecule has 2 rings (SSSR count). The Labute approximate surface area is 155 Å². The number of carbonyl (C=O) groups excluding carboxylic acids is 2. The van der Waals surface area contributed by atoms with Crippen LogP contribution in [0.2, 0.25) is 0 Å². The molecular formula is C21H27N3O2. The molecule has 26 heavy (non-hydrogen) atoms. The van der Waals surface area contributed by atoms with Crippen LogP contribution in [-0.4, -0.2) is 24.9 Å². The Balaban J connectivity index is 1.90. The molecule has 138 valence electrons. The van der Waals surface area contributed by atoms with Crippen molar-refractivity contribution in [2.24, 2.45) is 5.73 Å². The van der Waals surface area contributed by atoms with Gasteiger partial charge in [0.1, 0.15) is 0 Å². The summed E-state index contributed by atoms with van der Waals surface area (Å²) >= 11 is 0. The number of hydrogen-bond donors (Lipinski definition) is 3. The zero-order chi connectivity index (χ0) is 18.6. The SMILES string of the molecule is NCCCCCC(=O)NCC(=O)NC(c1ccccc1)c1ccccc1. The molecule has 4 N–H and O–H groups in total. The van der Waals surface area contributed by atoms with Crippen molar-refractivity contribution in [1.82, 2.24) is 10.6 Å².